The summed E-state index contributed by atoms with van der Waals surface area (Å²) in [6.07, 6.45) is -5.18. The van der Waals surface area contributed by atoms with Crippen molar-refractivity contribution < 1.29 is 36.7 Å². The van der Waals surface area contributed by atoms with Crippen LogP contribution >= 0.6 is 29.8 Å². The Hall–Kier alpha value is -0.570. The van der Waals surface area contributed by atoms with Gasteiger partial charge in [0.15, 0.2) is 0 Å². The fourth-order valence-electron chi connectivity index (χ4n) is 3.27. The van der Waals surface area contributed by atoms with Gasteiger partial charge < -0.3 is 0 Å². The summed E-state index contributed by atoms with van der Waals surface area (Å²) in [5.41, 5.74) is -1.78. The quantitative estimate of drug-likeness (QED) is 0.474. The molecule has 1 aromatic heterocycles. The van der Waals surface area contributed by atoms with Crippen LogP contribution in [0.2, 0.25) is 0 Å². The van der Waals surface area contributed by atoms with E-state index in [1.807, 2.05) is 4.98 Å². The van der Waals surface area contributed by atoms with Gasteiger partial charge >= 0.3 is 171 Å². The molecule has 3 fully saturated rings. The Kier molecular flexibility index (Phi) is 6.10. The molecule has 2 N–H and O–H groups in total. The van der Waals surface area contributed by atoms with Crippen molar-refractivity contribution in [2.24, 2.45) is 0 Å². The fraction of sp³-hybridized carbons (Fsp3) is 0.714. The first-order valence-electron chi connectivity index (χ1n) is 8.57. The molecule has 29 heavy (non-hydrogen) atoms. The van der Waals surface area contributed by atoms with Crippen LogP contribution in [-0.2, 0) is 23.0 Å². The second-order valence-electron chi connectivity index (χ2n) is 6.59. The van der Waals surface area contributed by atoms with Gasteiger partial charge in [-0.25, -0.2) is 0 Å². The first kappa shape index (κ1) is 21.7. The number of hydrogen-bond acceptors (Lipinski definition) is 10. The number of ether oxygens (including phenoxy) is 2. The molecular weight excluding hydrogens is 457 g/mol. The van der Waals surface area contributed by atoms with Crippen LogP contribution in [0.25, 0.3) is 0 Å². The third-order valence-electron chi connectivity index (χ3n) is 4.73. The summed E-state index contributed by atoms with van der Waals surface area (Å²) in [4.78, 5) is 35.7. The molecule has 164 valence electrons. The third-order valence-corrected chi connectivity index (χ3v) is 8.82. The van der Waals surface area contributed by atoms with E-state index in [0.29, 0.717) is 16.1 Å². The molecule has 1 aromatic rings. The predicted octanol–water partition coefficient (Wildman–Crippen LogP) is 0.682. The molecular formula is C14H19F2N2O8PS2. The van der Waals surface area contributed by atoms with E-state index < -0.39 is 56.5 Å². The molecule has 10 nitrogen and oxygen atoms in total. The molecule has 0 bridgehead atoms. The van der Waals surface area contributed by atoms with Crippen molar-refractivity contribution in [1.29, 1.82) is 0 Å². The maximum absolute atomic E-state index is 15.0. The molecule has 0 aromatic carbocycles. The summed E-state index contributed by atoms with van der Waals surface area (Å²) in [6, 6.07) is 0.929. The van der Waals surface area contributed by atoms with E-state index in [9.17, 15) is 14.5 Å². The number of H-pyrrole nitrogens is 1. The average Bonchev–Trinajstić information content (AvgIpc) is 2.92. The number of nitrogens with zero attached hydrogens (tertiary/aromatic N) is 1. The number of aromatic amines is 1. The van der Waals surface area contributed by atoms with Crippen LogP contribution in [-0.4, -0.2) is 70.0 Å². The zero-order valence-electron chi connectivity index (χ0n) is 15.0. The predicted molar refractivity (Wildman–Crippen MR) is 102 cm³/mol. The summed E-state index contributed by atoms with van der Waals surface area (Å²) < 4.78 is 57.4. The fourth-order valence-corrected chi connectivity index (χ4v) is 7.68. The molecule has 4 heterocycles. The van der Waals surface area contributed by atoms with Crippen molar-refractivity contribution in [3.63, 3.8) is 0 Å². The maximum atomic E-state index is 15.0. The SMILES string of the molecule is CO[C@@H]1CSSC[C@H]1O[PH]1(O)OC[C@H]2O[C@@H](n3ccc(=O)[nH]c3=O)C(F)(F)[C@@H]2O1. The van der Waals surface area contributed by atoms with Crippen LogP contribution in [0.15, 0.2) is 21.9 Å². The number of hydrogen-bond donors (Lipinski definition) is 2. The van der Waals surface area contributed by atoms with Gasteiger partial charge in [0.25, 0.3) is 0 Å². The molecule has 0 saturated carbocycles. The van der Waals surface area contributed by atoms with Crippen LogP contribution in [0.3, 0.4) is 0 Å². The van der Waals surface area contributed by atoms with Crippen LogP contribution < -0.4 is 11.2 Å². The van der Waals surface area contributed by atoms with Crippen molar-refractivity contribution in [2.75, 3.05) is 25.2 Å². The molecule has 0 unspecified atom stereocenters. The first-order valence-corrected chi connectivity index (χ1v) is 12.7. The normalized spacial score (nSPS) is 37.0. The second kappa shape index (κ2) is 8.17. The Morgan fingerprint density at radius 3 is 2.76 bits per heavy atom. The van der Waals surface area contributed by atoms with Crippen LogP contribution in [0.5, 0.6) is 0 Å². The number of methoxy groups -OCH3 is 1. The third kappa shape index (κ3) is 4.14. The Morgan fingerprint density at radius 2 is 2.07 bits per heavy atom. The monoisotopic (exact) mass is 476 g/mol. The van der Waals surface area contributed by atoms with Gasteiger partial charge in [0.1, 0.15) is 0 Å². The molecule has 0 radical (unpaired) electrons. The van der Waals surface area contributed by atoms with Crippen molar-refractivity contribution in [2.45, 2.75) is 36.6 Å². The minimum atomic E-state index is -4.42. The van der Waals surface area contributed by atoms with Gasteiger partial charge in [0, 0.05) is 0 Å². The summed E-state index contributed by atoms with van der Waals surface area (Å²) in [5, 5.41) is 0. The van der Waals surface area contributed by atoms with Gasteiger partial charge in [-0.05, 0) is 0 Å². The van der Waals surface area contributed by atoms with Crippen LogP contribution in [0, 0.1) is 0 Å². The van der Waals surface area contributed by atoms with Crippen molar-refractivity contribution >= 4 is 29.8 Å². The molecule has 0 spiro atoms. The Balaban J connectivity index is 1.54. The summed E-state index contributed by atoms with van der Waals surface area (Å²) >= 11 is 0. The zero-order chi connectivity index (χ0) is 20.8. The standard InChI is InChI=1S/C14H19F2N2O8PS2/c1-22-8-5-28-29-6-9(8)25-27(21)23-4-7-11(26-27)14(15,16)12(24-7)18-3-2-10(19)17-13(18)20/h2-3,7-9,11-12,21,27H,4-6H2,1H3,(H,17,19,20)/t7-,8-,9-,11-,12-/m1/s1. The van der Waals surface area contributed by atoms with Gasteiger partial charge in [-0.1, -0.05) is 0 Å². The van der Waals surface area contributed by atoms with Gasteiger partial charge in [-0.3, -0.25) is 0 Å². The average molecular weight is 476 g/mol. The number of nitrogens with one attached hydrogen (secondary N) is 1. The van der Waals surface area contributed by atoms with Gasteiger partial charge in [-0.15, -0.1) is 0 Å². The van der Waals surface area contributed by atoms with Crippen molar-refractivity contribution in [1.82, 2.24) is 9.55 Å². The number of rotatable bonds is 4. The van der Waals surface area contributed by atoms with E-state index in [0.717, 1.165) is 12.3 Å². The van der Waals surface area contributed by atoms with E-state index in [1.165, 1.54) is 17.9 Å². The van der Waals surface area contributed by atoms with E-state index in [1.54, 1.807) is 10.8 Å². The van der Waals surface area contributed by atoms with Crippen LogP contribution in [0.1, 0.15) is 6.23 Å². The van der Waals surface area contributed by atoms with E-state index in [-0.39, 0.29) is 6.10 Å². The molecule has 0 amide bonds. The summed E-state index contributed by atoms with van der Waals surface area (Å²) in [7, 11) is 0.151. The molecule has 0 aliphatic carbocycles. The van der Waals surface area contributed by atoms with E-state index in [4.69, 9.17) is 23.0 Å². The van der Waals surface area contributed by atoms with E-state index >= 15 is 8.78 Å². The summed E-state index contributed by atoms with van der Waals surface area (Å²) in [6.45, 7) is -0.399. The van der Waals surface area contributed by atoms with Crippen molar-refractivity contribution in [3.8, 4) is 0 Å². The molecule has 15 heteroatoms. The Labute approximate surface area is 171 Å². The Morgan fingerprint density at radius 1 is 1.34 bits per heavy atom. The van der Waals surface area contributed by atoms with Crippen molar-refractivity contribution in [3.05, 3.63) is 33.1 Å². The summed E-state index contributed by atoms with van der Waals surface area (Å²) in [5.74, 6) is -2.64. The zero-order valence-corrected chi connectivity index (χ0v) is 17.6. The Bertz CT molecular complexity index is 875. The molecule has 3 saturated heterocycles. The molecule has 5 atom stereocenters. The molecule has 4 rings (SSSR count). The van der Waals surface area contributed by atoms with E-state index in [2.05, 4.69) is 0 Å². The van der Waals surface area contributed by atoms with Gasteiger partial charge in [0.2, 0.25) is 0 Å². The van der Waals surface area contributed by atoms with Gasteiger partial charge in [0.05, 0.1) is 0 Å². The van der Waals surface area contributed by atoms with Gasteiger partial charge in [-0.2, -0.15) is 0 Å². The number of fused-ring (bicyclic) bond motifs is 1. The molecule has 3 aliphatic heterocycles. The number of alkyl halides is 2. The topological polar surface area (TPSA) is 121 Å². The molecule has 3 aliphatic rings. The minimum absolute atomic E-state index is 0.351. The first-order chi connectivity index (χ1) is 13.7. The van der Waals surface area contributed by atoms with Crippen LogP contribution in [0.4, 0.5) is 8.78 Å². The second-order valence-corrected chi connectivity index (χ2v) is 11.0. The number of aromatic nitrogens is 2. The number of halogens is 2.